The van der Waals surface area contributed by atoms with Gasteiger partial charge in [-0.2, -0.15) is 0 Å². The van der Waals surface area contributed by atoms with Gasteiger partial charge in [0.2, 0.25) is 0 Å². The van der Waals surface area contributed by atoms with Gasteiger partial charge in [-0.3, -0.25) is 0 Å². The molecule has 1 N–H and O–H groups in total. The Morgan fingerprint density at radius 3 is 2.72 bits per heavy atom. The van der Waals surface area contributed by atoms with Crippen LogP contribution >= 0.6 is 0 Å². The van der Waals surface area contributed by atoms with E-state index in [0.29, 0.717) is 13.2 Å². The highest BCUT2D eigenvalue weighted by molar-refractivity contribution is 5.90. The number of ether oxygens (including phenoxy) is 2. The van der Waals surface area contributed by atoms with Gasteiger partial charge in [0, 0.05) is 31.5 Å². The molecule has 1 aliphatic rings. The Morgan fingerprint density at radius 1 is 1.20 bits per heavy atom. The molecule has 0 spiro atoms. The van der Waals surface area contributed by atoms with E-state index < -0.39 is 0 Å². The molecule has 0 aromatic heterocycles. The molecule has 1 heterocycles. The second kappa shape index (κ2) is 8.53. The van der Waals surface area contributed by atoms with Crippen molar-refractivity contribution in [2.45, 2.75) is 25.6 Å². The predicted molar refractivity (Wildman–Crippen MR) is 97.8 cm³/mol. The van der Waals surface area contributed by atoms with Crippen molar-refractivity contribution in [1.82, 2.24) is 4.90 Å². The van der Waals surface area contributed by atoms with Crippen LogP contribution in [-0.2, 0) is 11.3 Å². The molecular weight excluding hydrogens is 316 g/mol. The van der Waals surface area contributed by atoms with Crippen LogP contribution in [0.3, 0.4) is 0 Å². The summed E-state index contributed by atoms with van der Waals surface area (Å²) in [7, 11) is 1.79. The van der Waals surface area contributed by atoms with E-state index in [2.05, 4.69) is 5.32 Å². The molecule has 0 aliphatic carbocycles. The van der Waals surface area contributed by atoms with Crippen molar-refractivity contribution < 1.29 is 14.3 Å². The summed E-state index contributed by atoms with van der Waals surface area (Å²) in [5, 5.41) is 2.97. The van der Waals surface area contributed by atoms with Gasteiger partial charge in [0.25, 0.3) is 0 Å². The number of para-hydroxylation sites is 2. The van der Waals surface area contributed by atoms with E-state index in [0.717, 1.165) is 36.4 Å². The molecule has 2 aromatic carbocycles. The highest BCUT2D eigenvalue weighted by Gasteiger charge is 2.20. The first-order valence-corrected chi connectivity index (χ1v) is 8.62. The number of anilines is 1. The average molecular weight is 340 g/mol. The van der Waals surface area contributed by atoms with Gasteiger partial charge in [-0.05, 0) is 31.0 Å². The van der Waals surface area contributed by atoms with Crippen LogP contribution in [0.25, 0.3) is 0 Å². The number of benzene rings is 2. The molecular formula is C20H24N2O3. The zero-order valence-corrected chi connectivity index (χ0v) is 14.5. The summed E-state index contributed by atoms with van der Waals surface area (Å²) in [4.78, 5) is 14.1. The normalized spacial score (nSPS) is 16.4. The molecule has 0 bridgehead atoms. The van der Waals surface area contributed by atoms with Crippen molar-refractivity contribution in [1.29, 1.82) is 0 Å². The molecule has 5 nitrogen and oxygen atoms in total. The summed E-state index contributed by atoms with van der Waals surface area (Å²) in [6.07, 6.45) is 2.23. The molecule has 132 valence electrons. The van der Waals surface area contributed by atoms with E-state index in [1.807, 2.05) is 54.6 Å². The number of nitrogens with zero attached hydrogens (tertiary/aromatic N) is 1. The summed E-state index contributed by atoms with van der Waals surface area (Å²) in [5.41, 5.74) is 1.70. The van der Waals surface area contributed by atoms with Crippen LogP contribution in [0.2, 0.25) is 0 Å². The van der Waals surface area contributed by atoms with Crippen molar-refractivity contribution in [2.24, 2.45) is 0 Å². The van der Waals surface area contributed by atoms with Gasteiger partial charge in [0.15, 0.2) is 0 Å². The maximum absolute atomic E-state index is 12.4. The third-order valence-corrected chi connectivity index (χ3v) is 4.24. The summed E-state index contributed by atoms with van der Waals surface area (Å²) < 4.78 is 11.4. The molecule has 1 atom stereocenters. The zero-order chi connectivity index (χ0) is 17.5. The van der Waals surface area contributed by atoms with E-state index >= 15 is 0 Å². The monoisotopic (exact) mass is 340 g/mol. The molecule has 2 amide bonds. The number of rotatable bonds is 6. The first kappa shape index (κ1) is 17.3. The fourth-order valence-electron chi connectivity index (χ4n) is 2.83. The Labute approximate surface area is 148 Å². The fraction of sp³-hybridized carbons (Fsp3) is 0.350. The molecule has 1 aliphatic heterocycles. The smallest absolute Gasteiger partial charge is 0.321 e. The van der Waals surface area contributed by atoms with Gasteiger partial charge < -0.3 is 19.7 Å². The Bertz CT molecular complexity index is 684. The maximum Gasteiger partial charge on any atom is 0.321 e. The van der Waals surface area contributed by atoms with Gasteiger partial charge in [-0.1, -0.05) is 36.4 Å². The van der Waals surface area contributed by atoms with Gasteiger partial charge in [-0.25, -0.2) is 4.79 Å². The molecule has 0 radical (unpaired) electrons. The summed E-state index contributed by atoms with van der Waals surface area (Å²) in [6, 6.07) is 17.2. The number of urea groups is 1. The van der Waals surface area contributed by atoms with E-state index in [1.165, 1.54) is 0 Å². The second-order valence-corrected chi connectivity index (χ2v) is 6.20. The van der Waals surface area contributed by atoms with Crippen molar-refractivity contribution in [3.8, 4) is 5.75 Å². The standard InChI is InChI=1S/C20H24N2O3/c1-22(14-18-11-7-13-24-18)20(23)21-19-12-6-5-8-16(19)15-25-17-9-3-2-4-10-17/h2-6,8-10,12,18H,7,11,13-15H2,1H3,(H,21,23)/t18-/m0/s1. The lowest BCUT2D eigenvalue weighted by Crippen LogP contribution is -2.37. The molecule has 0 saturated carbocycles. The lowest BCUT2D eigenvalue weighted by molar-refractivity contribution is 0.0894. The summed E-state index contributed by atoms with van der Waals surface area (Å²) in [5.74, 6) is 0.805. The lowest BCUT2D eigenvalue weighted by Gasteiger charge is -2.22. The molecule has 1 fully saturated rings. The zero-order valence-electron chi connectivity index (χ0n) is 14.5. The molecule has 5 heteroatoms. The summed E-state index contributed by atoms with van der Waals surface area (Å²) >= 11 is 0. The third kappa shape index (κ3) is 4.97. The van der Waals surface area contributed by atoms with Crippen LogP contribution in [0.15, 0.2) is 54.6 Å². The van der Waals surface area contributed by atoms with Crippen LogP contribution in [0.1, 0.15) is 18.4 Å². The van der Waals surface area contributed by atoms with E-state index in [1.54, 1.807) is 11.9 Å². The number of carbonyl (C=O) groups is 1. The number of nitrogens with one attached hydrogen (secondary N) is 1. The second-order valence-electron chi connectivity index (χ2n) is 6.20. The number of amides is 2. The molecule has 0 unspecified atom stereocenters. The minimum Gasteiger partial charge on any atom is -0.489 e. The molecule has 25 heavy (non-hydrogen) atoms. The van der Waals surface area contributed by atoms with Crippen LogP contribution < -0.4 is 10.1 Å². The van der Waals surface area contributed by atoms with E-state index in [4.69, 9.17) is 9.47 Å². The number of likely N-dealkylation sites (N-methyl/N-ethyl adjacent to an activating group) is 1. The minimum atomic E-state index is -0.136. The van der Waals surface area contributed by atoms with Crippen molar-refractivity contribution in [3.05, 3.63) is 60.2 Å². The maximum atomic E-state index is 12.4. The third-order valence-electron chi connectivity index (χ3n) is 4.24. The number of hydrogen-bond acceptors (Lipinski definition) is 3. The average Bonchev–Trinajstić information content (AvgIpc) is 3.15. The van der Waals surface area contributed by atoms with Crippen LogP contribution in [0.5, 0.6) is 5.75 Å². The SMILES string of the molecule is CN(C[C@@H]1CCCO1)C(=O)Nc1ccccc1COc1ccccc1. The van der Waals surface area contributed by atoms with Crippen LogP contribution in [-0.4, -0.2) is 37.2 Å². The topological polar surface area (TPSA) is 50.8 Å². The van der Waals surface area contributed by atoms with Gasteiger partial charge in [0.1, 0.15) is 12.4 Å². The Morgan fingerprint density at radius 2 is 1.96 bits per heavy atom. The van der Waals surface area contributed by atoms with Crippen molar-refractivity contribution in [3.63, 3.8) is 0 Å². The predicted octanol–water partition coefficient (Wildman–Crippen LogP) is 3.91. The fourth-order valence-corrected chi connectivity index (χ4v) is 2.83. The first-order chi connectivity index (χ1) is 12.2. The Balaban J connectivity index is 1.58. The van der Waals surface area contributed by atoms with Gasteiger partial charge in [0.05, 0.1) is 6.10 Å². The number of hydrogen-bond donors (Lipinski definition) is 1. The molecule has 2 aromatic rings. The van der Waals surface area contributed by atoms with Gasteiger partial charge >= 0.3 is 6.03 Å². The molecule has 3 rings (SSSR count). The van der Waals surface area contributed by atoms with Crippen molar-refractivity contribution >= 4 is 11.7 Å². The first-order valence-electron chi connectivity index (χ1n) is 8.62. The van der Waals surface area contributed by atoms with Crippen LogP contribution in [0.4, 0.5) is 10.5 Å². The van der Waals surface area contributed by atoms with E-state index in [9.17, 15) is 4.79 Å². The van der Waals surface area contributed by atoms with Crippen molar-refractivity contribution in [2.75, 3.05) is 25.5 Å². The largest absolute Gasteiger partial charge is 0.489 e. The Kier molecular flexibility index (Phi) is 5.90. The lowest BCUT2D eigenvalue weighted by atomic mass is 10.2. The highest BCUT2D eigenvalue weighted by Crippen LogP contribution is 2.19. The Hall–Kier alpha value is -2.53. The summed E-state index contributed by atoms with van der Waals surface area (Å²) in [6.45, 7) is 1.80. The molecule has 1 saturated heterocycles. The minimum absolute atomic E-state index is 0.136. The van der Waals surface area contributed by atoms with Gasteiger partial charge in [-0.15, -0.1) is 0 Å². The van der Waals surface area contributed by atoms with E-state index in [-0.39, 0.29) is 12.1 Å². The van der Waals surface area contributed by atoms with Crippen LogP contribution in [0, 0.1) is 0 Å². The number of carbonyl (C=O) groups excluding carboxylic acids is 1. The highest BCUT2D eigenvalue weighted by atomic mass is 16.5. The quantitative estimate of drug-likeness (QED) is 0.867.